The number of benzene rings is 1. The van der Waals surface area contributed by atoms with Gasteiger partial charge in [-0.15, -0.1) is 0 Å². The van der Waals surface area contributed by atoms with Gasteiger partial charge in [0, 0.05) is 57.5 Å². The van der Waals surface area contributed by atoms with Crippen molar-refractivity contribution in [2.24, 2.45) is 5.41 Å². The molecule has 0 bridgehead atoms. The van der Waals surface area contributed by atoms with Crippen LogP contribution in [0.15, 0.2) is 30.3 Å². The van der Waals surface area contributed by atoms with Crippen LogP contribution in [-0.4, -0.2) is 81.6 Å². The number of carbonyl (C=O) groups excluding carboxylic acids is 1. The summed E-state index contributed by atoms with van der Waals surface area (Å²) in [7, 11) is -3.16. The molecule has 3 heterocycles. The second kappa shape index (κ2) is 8.24. The number of nitrogens with zero attached hydrogens (tertiary/aromatic N) is 3. The zero-order valence-corrected chi connectivity index (χ0v) is 18.0. The van der Waals surface area contributed by atoms with E-state index in [0.717, 1.165) is 45.6 Å². The van der Waals surface area contributed by atoms with Crippen molar-refractivity contribution in [1.82, 2.24) is 14.5 Å². The molecule has 0 radical (unpaired) electrons. The number of carbonyl (C=O) groups is 1. The lowest BCUT2D eigenvalue weighted by molar-refractivity contribution is -0.129. The van der Waals surface area contributed by atoms with E-state index in [0.29, 0.717) is 25.9 Å². The molecule has 0 saturated carbocycles. The van der Waals surface area contributed by atoms with Gasteiger partial charge in [-0.25, -0.2) is 12.7 Å². The second-order valence-corrected chi connectivity index (χ2v) is 10.8. The second-order valence-electron chi connectivity index (χ2n) is 8.77. The maximum absolute atomic E-state index is 12.7. The van der Waals surface area contributed by atoms with Crippen molar-refractivity contribution in [3.63, 3.8) is 0 Å². The maximum atomic E-state index is 12.7. The van der Waals surface area contributed by atoms with Crippen LogP contribution in [0.4, 0.5) is 5.69 Å². The van der Waals surface area contributed by atoms with E-state index >= 15 is 0 Å². The van der Waals surface area contributed by atoms with Gasteiger partial charge >= 0.3 is 0 Å². The fourth-order valence-electron chi connectivity index (χ4n) is 5.01. The first-order valence-electron chi connectivity index (χ1n) is 10.6. The summed E-state index contributed by atoms with van der Waals surface area (Å²) in [4.78, 5) is 17.6. The molecule has 1 atom stereocenters. The first-order valence-corrected chi connectivity index (χ1v) is 12.5. The maximum Gasteiger partial charge on any atom is 0.226 e. The predicted molar refractivity (Wildman–Crippen MR) is 114 cm³/mol. The van der Waals surface area contributed by atoms with E-state index in [1.165, 1.54) is 16.2 Å². The van der Waals surface area contributed by atoms with Gasteiger partial charge in [0.05, 0.1) is 11.7 Å². The number of piperidine rings is 1. The first-order chi connectivity index (χ1) is 13.9. The van der Waals surface area contributed by atoms with Gasteiger partial charge in [0.2, 0.25) is 15.9 Å². The van der Waals surface area contributed by atoms with E-state index < -0.39 is 10.0 Å². The van der Waals surface area contributed by atoms with Crippen LogP contribution in [0.1, 0.15) is 25.7 Å². The van der Waals surface area contributed by atoms with Gasteiger partial charge in [-0.1, -0.05) is 18.2 Å². The Morgan fingerprint density at radius 2 is 1.69 bits per heavy atom. The summed E-state index contributed by atoms with van der Waals surface area (Å²) in [6.07, 6.45) is 4.33. The quantitative estimate of drug-likeness (QED) is 0.773. The number of nitrogens with one attached hydrogen (secondary N) is 1. The van der Waals surface area contributed by atoms with E-state index in [1.807, 2.05) is 6.07 Å². The van der Waals surface area contributed by atoms with Crippen molar-refractivity contribution >= 4 is 21.6 Å². The molecule has 3 aliphatic heterocycles. The lowest BCUT2D eigenvalue weighted by Gasteiger charge is -2.37. The number of para-hydroxylation sites is 1. The van der Waals surface area contributed by atoms with Crippen molar-refractivity contribution in [2.75, 3.05) is 57.0 Å². The number of anilines is 1. The molecule has 0 unspecified atom stereocenters. The summed E-state index contributed by atoms with van der Waals surface area (Å²) >= 11 is 0. The molecule has 1 aromatic carbocycles. The van der Waals surface area contributed by atoms with Crippen molar-refractivity contribution in [2.45, 2.75) is 31.7 Å². The molecular formula is C21H32N4O3S. The fourth-order valence-corrected chi connectivity index (χ4v) is 5.86. The Balaban J connectivity index is 1.23. The zero-order chi connectivity index (χ0) is 20.5. The molecular weight excluding hydrogens is 388 g/mol. The Bertz CT molecular complexity index is 814. The molecule has 0 aliphatic carbocycles. The number of hydrogen-bond acceptors (Lipinski definition) is 5. The van der Waals surface area contributed by atoms with Crippen LogP contribution in [-0.2, 0) is 14.8 Å². The summed E-state index contributed by atoms with van der Waals surface area (Å²) < 4.78 is 25.0. The number of amides is 1. The number of sulfonamides is 1. The van der Waals surface area contributed by atoms with Gasteiger partial charge in [0.15, 0.2) is 0 Å². The highest BCUT2D eigenvalue weighted by molar-refractivity contribution is 7.88. The molecule has 3 saturated heterocycles. The van der Waals surface area contributed by atoms with Crippen LogP contribution in [0, 0.1) is 5.41 Å². The predicted octanol–water partition coefficient (Wildman–Crippen LogP) is 1.13. The molecule has 3 aliphatic rings. The minimum absolute atomic E-state index is 0.129. The normalized spacial score (nSPS) is 26.0. The molecule has 8 heteroatoms. The monoisotopic (exact) mass is 420 g/mol. The third kappa shape index (κ3) is 4.59. The molecule has 0 aromatic heterocycles. The highest BCUT2D eigenvalue weighted by Gasteiger charge is 2.48. The van der Waals surface area contributed by atoms with Gasteiger partial charge in [0.1, 0.15) is 0 Å². The summed E-state index contributed by atoms with van der Waals surface area (Å²) in [5, 5.41) is 3.20. The summed E-state index contributed by atoms with van der Waals surface area (Å²) in [5.74, 6) is 0.129. The Morgan fingerprint density at radius 3 is 2.31 bits per heavy atom. The lowest BCUT2D eigenvalue weighted by Crippen LogP contribution is -2.47. The van der Waals surface area contributed by atoms with Crippen LogP contribution >= 0.6 is 0 Å². The Morgan fingerprint density at radius 1 is 1.03 bits per heavy atom. The van der Waals surface area contributed by atoms with E-state index in [1.54, 1.807) is 0 Å². The first kappa shape index (κ1) is 20.6. The molecule has 7 nitrogen and oxygen atoms in total. The van der Waals surface area contributed by atoms with Gasteiger partial charge < -0.3 is 10.2 Å². The number of piperazine rings is 1. The van der Waals surface area contributed by atoms with Gasteiger partial charge in [0.25, 0.3) is 0 Å². The minimum Gasteiger partial charge on any atom is -0.369 e. The molecule has 1 aromatic rings. The average Bonchev–Trinajstić information content (AvgIpc) is 3.02. The Labute approximate surface area is 174 Å². The summed E-state index contributed by atoms with van der Waals surface area (Å²) in [6, 6.07) is 10.8. The zero-order valence-electron chi connectivity index (χ0n) is 17.2. The van der Waals surface area contributed by atoms with Crippen molar-refractivity contribution in [1.29, 1.82) is 0 Å². The summed E-state index contributed by atoms with van der Waals surface area (Å²) in [5.41, 5.74) is 0.926. The molecule has 1 N–H and O–H groups in total. The molecule has 29 heavy (non-hydrogen) atoms. The summed E-state index contributed by atoms with van der Waals surface area (Å²) in [6.45, 7) is 6.08. The van der Waals surface area contributed by atoms with Gasteiger partial charge in [-0.3, -0.25) is 9.69 Å². The van der Waals surface area contributed by atoms with E-state index in [2.05, 4.69) is 39.4 Å². The van der Waals surface area contributed by atoms with Crippen molar-refractivity contribution in [3.8, 4) is 0 Å². The molecule has 160 valence electrons. The standard InChI is InChI=1S/C21H32N4O3S/c1-29(27,28)25-11-8-21(9-12-25)17-18(22-20(21)26)7-10-23-13-15-24(16-14-23)19-5-3-2-4-6-19/h2-6,18H,7-17H2,1H3,(H,22,26)/t18-/m1/s1. The average molecular weight is 421 g/mol. The highest BCUT2D eigenvalue weighted by atomic mass is 32.2. The molecule has 1 amide bonds. The molecule has 4 rings (SSSR count). The third-order valence-corrected chi connectivity index (χ3v) is 8.19. The Kier molecular flexibility index (Phi) is 5.86. The van der Waals surface area contributed by atoms with Crippen LogP contribution in [0.25, 0.3) is 0 Å². The van der Waals surface area contributed by atoms with Crippen LogP contribution in [0.2, 0.25) is 0 Å². The van der Waals surface area contributed by atoms with Crippen LogP contribution in [0.5, 0.6) is 0 Å². The van der Waals surface area contributed by atoms with Crippen molar-refractivity contribution < 1.29 is 13.2 Å². The van der Waals surface area contributed by atoms with E-state index in [-0.39, 0.29) is 17.4 Å². The minimum atomic E-state index is -3.16. The van der Waals surface area contributed by atoms with Gasteiger partial charge in [-0.2, -0.15) is 0 Å². The third-order valence-electron chi connectivity index (χ3n) is 6.89. The van der Waals surface area contributed by atoms with Gasteiger partial charge in [-0.05, 0) is 37.8 Å². The van der Waals surface area contributed by atoms with Crippen LogP contribution < -0.4 is 10.2 Å². The smallest absolute Gasteiger partial charge is 0.226 e. The number of rotatable bonds is 5. The molecule has 1 spiro atoms. The number of hydrogen-bond donors (Lipinski definition) is 1. The van der Waals surface area contributed by atoms with E-state index in [9.17, 15) is 13.2 Å². The topological polar surface area (TPSA) is 73.0 Å². The highest BCUT2D eigenvalue weighted by Crippen LogP contribution is 2.41. The fraction of sp³-hybridized carbons (Fsp3) is 0.667. The largest absolute Gasteiger partial charge is 0.369 e. The van der Waals surface area contributed by atoms with E-state index in [4.69, 9.17) is 0 Å². The lowest BCUT2D eigenvalue weighted by atomic mass is 9.76. The SMILES string of the molecule is CS(=O)(=O)N1CCC2(CC1)C[C@@H](CCN1CCN(c3ccccc3)CC1)NC2=O. The van der Waals surface area contributed by atoms with Crippen LogP contribution in [0.3, 0.4) is 0 Å². The Hall–Kier alpha value is -1.64. The van der Waals surface area contributed by atoms with Crippen molar-refractivity contribution in [3.05, 3.63) is 30.3 Å². The molecule has 3 fully saturated rings.